The van der Waals surface area contributed by atoms with Crippen LogP contribution in [-0.4, -0.2) is 58.8 Å². The Hall–Kier alpha value is -4.46. The zero-order valence-corrected chi connectivity index (χ0v) is 23.0. The third-order valence-corrected chi connectivity index (χ3v) is 7.19. The Labute approximate surface area is 231 Å². The van der Waals surface area contributed by atoms with Gasteiger partial charge in [0.1, 0.15) is 17.5 Å². The number of carbonyl (C=O) groups excluding carboxylic acids is 1. The van der Waals surface area contributed by atoms with Crippen molar-refractivity contribution in [2.24, 2.45) is 5.73 Å². The van der Waals surface area contributed by atoms with Crippen LogP contribution in [0.1, 0.15) is 11.6 Å². The van der Waals surface area contributed by atoms with Gasteiger partial charge in [-0.05, 0) is 29.8 Å². The molecule has 0 aliphatic heterocycles. The van der Waals surface area contributed by atoms with Crippen LogP contribution in [0, 0.1) is 0 Å². The summed E-state index contributed by atoms with van der Waals surface area (Å²) < 4.78 is 45.3. The lowest BCUT2D eigenvalue weighted by Crippen LogP contribution is -2.35. The first-order valence-electron chi connectivity index (χ1n) is 12.2. The van der Waals surface area contributed by atoms with Crippen LogP contribution >= 0.6 is 0 Å². The number of ether oxygens (including phenoxy) is 3. The van der Waals surface area contributed by atoms with Crippen molar-refractivity contribution in [3.8, 4) is 11.5 Å². The van der Waals surface area contributed by atoms with Gasteiger partial charge >= 0.3 is 0 Å². The van der Waals surface area contributed by atoms with Crippen LogP contribution in [0.2, 0.25) is 0 Å². The minimum Gasteiger partial charge on any atom is -0.497 e. The van der Waals surface area contributed by atoms with Gasteiger partial charge in [-0.3, -0.25) is 14.8 Å². The van der Waals surface area contributed by atoms with E-state index in [4.69, 9.17) is 19.9 Å². The first kappa shape index (κ1) is 28.5. The molecule has 1 unspecified atom stereocenters. The number of rotatable bonds is 13. The molecule has 0 saturated heterocycles. The van der Waals surface area contributed by atoms with Gasteiger partial charge in [0, 0.05) is 37.5 Å². The fourth-order valence-corrected chi connectivity index (χ4v) is 4.97. The molecule has 210 valence electrons. The van der Waals surface area contributed by atoms with Gasteiger partial charge < -0.3 is 25.3 Å². The monoisotopic (exact) mass is 566 g/mol. The number of sulfonamides is 1. The molecule has 13 heteroatoms. The Morgan fingerprint density at radius 2 is 1.55 bits per heavy atom. The number of carbonyl (C=O) groups is 1. The second-order valence-electron chi connectivity index (χ2n) is 8.60. The molecule has 1 aromatic heterocycles. The van der Waals surface area contributed by atoms with E-state index in [1.54, 1.807) is 48.5 Å². The van der Waals surface area contributed by atoms with E-state index in [1.165, 1.54) is 39.5 Å². The highest BCUT2D eigenvalue weighted by Crippen LogP contribution is 2.31. The van der Waals surface area contributed by atoms with Crippen LogP contribution in [0.25, 0.3) is 11.0 Å². The quantitative estimate of drug-likeness (QED) is 0.177. The summed E-state index contributed by atoms with van der Waals surface area (Å²) in [5.41, 5.74) is 7.53. The number of nitrogens with zero attached hydrogens (tertiary/aromatic N) is 2. The molecule has 0 saturated carbocycles. The second kappa shape index (κ2) is 12.6. The molecular weight excluding hydrogens is 536 g/mol. The number of aromatic nitrogens is 2. The average Bonchev–Trinajstić information content (AvgIpc) is 2.95. The smallest absolute Gasteiger partial charge is 0.263 e. The van der Waals surface area contributed by atoms with Crippen LogP contribution < -0.4 is 30.6 Å². The fourth-order valence-electron chi connectivity index (χ4n) is 3.91. The van der Waals surface area contributed by atoms with Gasteiger partial charge in [-0.2, -0.15) is 0 Å². The fraction of sp³-hybridized carbons (Fsp3) is 0.222. The van der Waals surface area contributed by atoms with Crippen LogP contribution in [-0.2, 0) is 19.6 Å². The summed E-state index contributed by atoms with van der Waals surface area (Å²) in [6.45, 7) is 0.689. The topological polar surface area (TPSA) is 167 Å². The molecule has 0 aliphatic rings. The molecule has 5 N–H and O–H groups in total. The summed E-state index contributed by atoms with van der Waals surface area (Å²) in [6, 6.07) is 17.2. The van der Waals surface area contributed by atoms with Gasteiger partial charge in [-0.25, -0.2) is 18.4 Å². The second-order valence-corrected chi connectivity index (χ2v) is 10.3. The summed E-state index contributed by atoms with van der Waals surface area (Å²) in [4.78, 5) is 21.1. The van der Waals surface area contributed by atoms with Gasteiger partial charge in [0.15, 0.2) is 11.6 Å². The number of hydrogen-bond donors (Lipinski definition) is 4. The maximum atomic E-state index is 13.5. The standard InChI is InChI=1S/C27H30N6O6S/c1-37-12-11-29-24(25(28)34)17-7-6-8-21(13-17)40(35,36)33-27-26(31-22-9-4-5-10-23(22)32-27)30-18-14-19(38-2)16-20(15-18)39-3/h4-10,13-16,24,29H,11-12H2,1-3H3,(H2,28,34)(H,30,31)(H,32,33). The summed E-state index contributed by atoms with van der Waals surface area (Å²) >= 11 is 0. The summed E-state index contributed by atoms with van der Waals surface area (Å²) in [6.07, 6.45) is 0. The molecule has 0 bridgehead atoms. The molecule has 12 nitrogen and oxygen atoms in total. The molecule has 4 rings (SSSR count). The molecule has 0 fully saturated rings. The molecule has 1 atom stereocenters. The van der Waals surface area contributed by atoms with Gasteiger partial charge in [-0.1, -0.05) is 24.3 Å². The summed E-state index contributed by atoms with van der Waals surface area (Å²) in [5, 5.41) is 6.09. The van der Waals surface area contributed by atoms with Crippen molar-refractivity contribution >= 4 is 44.3 Å². The third-order valence-electron chi connectivity index (χ3n) is 5.86. The van der Waals surface area contributed by atoms with Gasteiger partial charge in [-0.15, -0.1) is 0 Å². The molecule has 40 heavy (non-hydrogen) atoms. The number of anilines is 3. The number of methoxy groups -OCH3 is 3. The first-order valence-corrected chi connectivity index (χ1v) is 13.6. The Kier molecular flexibility index (Phi) is 8.99. The minimum atomic E-state index is -4.18. The normalized spacial score (nSPS) is 12.1. The molecule has 4 aromatic rings. The SMILES string of the molecule is COCCNC(C(N)=O)c1cccc(S(=O)(=O)Nc2nc3ccccc3nc2Nc2cc(OC)cc(OC)c2)c1. The van der Waals surface area contributed by atoms with Crippen LogP contribution in [0.3, 0.4) is 0 Å². The number of nitrogens with two attached hydrogens (primary N) is 1. The first-order chi connectivity index (χ1) is 19.2. The number of fused-ring (bicyclic) bond motifs is 1. The Morgan fingerprint density at radius 3 is 2.15 bits per heavy atom. The summed E-state index contributed by atoms with van der Waals surface area (Å²) in [7, 11) is 0.407. The van der Waals surface area contributed by atoms with Gasteiger partial charge in [0.25, 0.3) is 10.0 Å². The number of benzene rings is 3. The van der Waals surface area contributed by atoms with Crippen molar-refractivity contribution in [3.63, 3.8) is 0 Å². The van der Waals surface area contributed by atoms with Crippen molar-refractivity contribution < 1.29 is 27.4 Å². The van der Waals surface area contributed by atoms with E-state index in [2.05, 4.69) is 25.3 Å². The van der Waals surface area contributed by atoms with Crippen LogP contribution in [0.15, 0.2) is 71.6 Å². The molecule has 0 spiro atoms. The van der Waals surface area contributed by atoms with Crippen LogP contribution in [0.4, 0.5) is 17.3 Å². The zero-order valence-electron chi connectivity index (χ0n) is 22.2. The van der Waals surface area contributed by atoms with E-state index >= 15 is 0 Å². The van der Waals surface area contributed by atoms with Gasteiger partial charge in [0.05, 0.1) is 36.8 Å². The molecule has 3 aromatic carbocycles. The molecule has 0 radical (unpaired) electrons. The zero-order chi connectivity index (χ0) is 28.7. The lowest BCUT2D eigenvalue weighted by molar-refractivity contribution is -0.120. The minimum absolute atomic E-state index is 0.0319. The number of primary amides is 1. The van der Waals surface area contributed by atoms with E-state index in [9.17, 15) is 13.2 Å². The van der Waals surface area contributed by atoms with E-state index in [0.717, 1.165) is 0 Å². The van der Waals surface area contributed by atoms with Crippen molar-refractivity contribution in [1.29, 1.82) is 0 Å². The highest BCUT2D eigenvalue weighted by molar-refractivity contribution is 7.92. The number of hydrogen-bond acceptors (Lipinski definition) is 10. The van der Waals surface area contributed by atoms with E-state index < -0.39 is 22.0 Å². The van der Waals surface area contributed by atoms with E-state index in [-0.39, 0.29) is 16.5 Å². The average molecular weight is 567 g/mol. The van der Waals surface area contributed by atoms with E-state index in [0.29, 0.717) is 46.9 Å². The largest absolute Gasteiger partial charge is 0.497 e. The Morgan fingerprint density at radius 1 is 0.900 bits per heavy atom. The predicted molar refractivity (Wildman–Crippen MR) is 151 cm³/mol. The van der Waals surface area contributed by atoms with E-state index in [1.807, 2.05) is 0 Å². The van der Waals surface area contributed by atoms with Crippen molar-refractivity contribution in [2.75, 3.05) is 44.5 Å². The highest BCUT2D eigenvalue weighted by Gasteiger charge is 2.23. The van der Waals surface area contributed by atoms with Crippen molar-refractivity contribution in [2.45, 2.75) is 10.9 Å². The van der Waals surface area contributed by atoms with Crippen molar-refractivity contribution in [1.82, 2.24) is 15.3 Å². The number of nitrogens with one attached hydrogen (secondary N) is 3. The molecule has 1 heterocycles. The van der Waals surface area contributed by atoms with Crippen molar-refractivity contribution in [3.05, 3.63) is 72.3 Å². The highest BCUT2D eigenvalue weighted by atomic mass is 32.2. The summed E-state index contributed by atoms with van der Waals surface area (Å²) in [5.74, 6) is 0.523. The molecule has 1 amide bonds. The third kappa shape index (κ3) is 6.75. The maximum Gasteiger partial charge on any atom is 0.263 e. The van der Waals surface area contributed by atoms with Crippen LogP contribution in [0.5, 0.6) is 11.5 Å². The Bertz CT molecular complexity index is 1590. The Balaban J connectivity index is 1.71. The molecule has 0 aliphatic carbocycles. The maximum absolute atomic E-state index is 13.5. The lowest BCUT2D eigenvalue weighted by Gasteiger charge is -2.17. The van der Waals surface area contributed by atoms with Gasteiger partial charge in [0.2, 0.25) is 5.91 Å². The lowest BCUT2D eigenvalue weighted by atomic mass is 10.1. The number of para-hydroxylation sites is 2. The number of amides is 1. The molecular formula is C27H30N6O6S. The predicted octanol–water partition coefficient (Wildman–Crippen LogP) is 2.95.